The minimum Gasteiger partial charge on any atom is 0.316 e. The van der Waals surface area contributed by atoms with Crippen LogP contribution in [0.3, 0.4) is 0 Å². The van der Waals surface area contributed by atoms with Gasteiger partial charge in [0.15, 0.2) is 0 Å². The maximum Gasteiger partial charge on any atom is 0.316 e. The summed E-state index contributed by atoms with van der Waals surface area (Å²) >= 11 is 0. The zero-order valence-corrected chi connectivity index (χ0v) is 3.44. The molecule has 4 N–H and O–H groups in total. The van der Waals surface area contributed by atoms with E-state index in [-0.39, 0.29) is 66.3 Å². The van der Waals surface area contributed by atoms with Gasteiger partial charge in [0, 0.05) is 0 Å². The van der Waals surface area contributed by atoms with Crippen molar-refractivity contribution in [3.05, 3.63) is 0 Å². The third kappa shape index (κ3) is 107. The molecule has 0 aliphatic carbocycles. The van der Waals surface area contributed by atoms with E-state index in [0.29, 0.717) is 0 Å². The molecule has 0 spiro atoms. The minimum absolute atomic E-state index is 0. The Morgan fingerprint density at radius 3 is 1.12 bits per heavy atom. The Morgan fingerprint density at radius 1 is 1.12 bits per heavy atom. The predicted molar refractivity (Wildman–Crippen MR) is 34.9 cm³/mol. The average Bonchev–Trinajstić information content (AvgIpc) is 0.722. The van der Waals surface area contributed by atoms with Gasteiger partial charge in [-0.15, -0.1) is 0 Å². The monoisotopic (exact) mass is 184 g/mol. The number of rotatable bonds is 0. The van der Waals surface area contributed by atoms with E-state index >= 15 is 0 Å². The molecule has 0 aliphatic heterocycles. The molecular weight excluding hydrogens is 176 g/mol. The summed E-state index contributed by atoms with van der Waals surface area (Å²) in [6.07, 6.45) is 0. The van der Waals surface area contributed by atoms with E-state index in [0.717, 1.165) is 0 Å². The zero-order valence-electron chi connectivity index (χ0n) is 2.62. The molecule has 0 aromatic heterocycles. The number of hydrogen-bond donors (Lipinski definition) is 2. The van der Waals surface area contributed by atoms with E-state index in [1.807, 2.05) is 0 Å². The van der Waals surface area contributed by atoms with Crippen molar-refractivity contribution in [2.24, 2.45) is 0 Å². The van der Waals surface area contributed by atoms with E-state index in [1.165, 1.54) is 0 Å². The molecule has 0 fully saturated rings. The van der Waals surface area contributed by atoms with E-state index in [2.05, 4.69) is 0 Å². The van der Waals surface area contributed by atoms with E-state index in [4.69, 9.17) is 17.5 Å². The molecule has 8 heavy (non-hydrogen) atoms. The Hall–Kier alpha value is 1.86. The standard InChI is InChI=1S/Ca.Mg.H2O4S.H2O.4H/c;;1-5(2,3)4;;;;;/h;;(H2,1,2,3,4);1H2;;;;. The van der Waals surface area contributed by atoms with Crippen molar-refractivity contribution < 1.29 is 23.0 Å². The molecule has 0 radical (unpaired) electrons. The molecule has 0 aromatic rings. The topological polar surface area (TPSA) is 106 Å². The van der Waals surface area contributed by atoms with Gasteiger partial charge in [0.1, 0.15) is 0 Å². The molecule has 8 heteroatoms. The van der Waals surface area contributed by atoms with Crippen molar-refractivity contribution in [3.8, 4) is 0 Å². The average molecular weight is 185 g/mol. The molecule has 0 amide bonds. The van der Waals surface area contributed by atoms with Crippen molar-refractivity contribution in [1.82, 2.24) is 0 Å². The van der Waals surface area contributed by atoms with Crippen LogP contribution in [-0.2, 0) is 10.4 Å². The Bertz CT molecular complexity index is 95.6. The van der Waals surface area contributed by atoms with Crippen molar-refractivity contribution in [2.45, 2.75) is 0 Å². The summed E-state index contributed by atoms with van der Waals surface area (Å²) in [4.78, 5) is 0. The van der Waals surface area contributed by atoms with Crippen molar-refractivity contribution in [1.29, 1.82) is 0 Å². The molecule has 5 nitrogen and oxygen atoms in total. The van der Waals surface area contributed by atoms with Crippen LogP contribution in [0.5, 0.6) is 0 Å². The van der Waals surface area contributed by atoms with Crippen LogP contribution < -0.4 is 0 Å². The Kier molecular flexibility index (Phi) is 25.0. The fraction of sp³-hybridized carbons (Fsp3) is 0. The molecule has 0 heterocycles. The minimum atomic E-state index is -4.67. The Balaban J connectivity index is -0.0000000267. The molecule has 0 aromatic carbocycles. The van der Waals surface area contributed by atoms with Crippen molar-refractivity contribution >= 4 is 71.2 Å². The fourth-order valence-corrected chi connectivity index (χ4v) is 0. The Morgan fingerprint density at radius 2 is 1.12 bits per heavy atom. The largest absolute Gasteiger partial charge is 0.316 e. The van der Waals surface area contributed by atoms with Crippen LogP contribution in [0.2, 0.25) is 0 Å². The molecule has 0 aliphatic rings. The van der Waals surface area contributed by atoms with Gasteiger partial charge in [0.05, 0.1) is 0 Å². The summed E-state index contributed by atoms with van der Waals surface area (Å²) < 4.78 is 31.6. The first-order chi connectivity index (χ1) is 2.00. The summed E-state index contributed by atoms with van der Waals surface area (Å²) in [6, 6.07) is 0. The van der Waals surface area contributed by atoms with E-state index in [9.17, 15) is 0 Å². The SMILES string of the molecule is O.O=S(=O)(O)O.[CaH2].[MgH2]. The van der Waals surface area contributed by atoms with Gasteiger partial charge in [0.25, 0.3) is 0 Å². The molecule has 0 unspecified atom stereocenters. The Labute approximate surface area is 92.9 Å². The summed E-state index contributed by atoms with van der Waals surface area (Å²) in [7, 11) is -4.67. The van der Waals surface area contributed by atoms with Crippen LogP contribution in [-0.4, -0.2) is 83.8 Å². The van der Waals surface area contributed by atoms with Gasteiger partial charge in [-0.2, -0.15) is 8.42 Å². The van der Waals surface area contributed by atoms with Crippen LogP contribution in [0.1, 0.15) is 0 Å². The van der Waals surface area contributed by atoms with Gasteiger partial charge in [0.2, 0.25) is 0 Å². The second-order valence-electron chi connectivity index (χ2n) is 0.448. The third-order valence-electron chi connectivity index (χ3n) is 0. The molecule has 48 valence electrons. The second-order valence-corrected chi connectivity index (χ2v) is 1.34. The van der Waals surface area contributed by atoms with Crippen molar-refractivity contribution in [2.75, 3.05) is 0 Å². The number of hydrogen-bond acceptors (Lipinski definition) is 2. The van der Waals surface area contributed by atoms with Gasteiger partial charge < -0.3 is 5.48 Å². The van der Waals surface area contributed by atoms with E-state index < -0.39 is 10.4 Å². The second kappa shape index (κ2) is 8.86. The first-order valence-electron chi connectivity index (χ1n) is 0.698. The van der Waals surface area contributed by atoms with Crippen LogP contribution in [0.4, 0.5) is 0 Å². The summed E-state index contributed by atoms with van der Waals surface area (Å²) in [5.41, 5.74) is 0. The molecule has 0 rings (SSSR count). The fourth-order valence-electron chi connectivity index (χ4n) is 0. The maximum absolute atomic E-state index is 8.74. The molecule has 0 atom stereocenters. The van der Waals surface area contributed by atoms with Crippen molar-refractivity contribution in [3.63, 3.8) is 0 Å². The normalized spacial score (nSPS) is 7.25. The predicted octanol–water partition coefficient (Wildman–Crippen LogP) is -3.31. The zero-order chi connectivity index (χ0) is 4.50. The summed E-state index contributed by atoms with van der Waals surface area (Å²) in [5.74, 6) is 0. The molecule has 0 bridgehead atoms. The van der Waals surface area contributed by atoms with Crippen LogP contribution in [0, 0.1) is 0 Å². The van der Waals surface area contributed by atoms with Gasteiger partial charge in [-0.1, -0.05) is 0 Å². The smallest absolute Gasteiger partial charge is 0.316 e. The van der Waals surface area contributed by atoms with Crippen LogP contribution >= 0.6 is 0 Å². The third-order valence-corrected chi connectivity index (χ3v) is 0. The molecule has 0 saturated heterocycles. The maximum atomic E-state index is 8.74. The van der Waals surface area contributed by atoms with Gasteiger partial charge in [-0.25, -0.2) is 0 Å². The molecular formula is H8CaMgO5S. The van der Waals surface area contributed by atoms with Gasteiger partial charge in [-0.3, -0.25) is 9.11 Å². The first-order valence-corrected chi connectivity index (χ1v) is 2.10. The first kappa shape index (κ1) is 22.5. The van der Waals surface area contributed by atoms with Crippen LogP contribution in [0.15, 0.2) is 0 Å². The van der Waals surface area contributed by atoms with Crippen LogP contribution in [0.25, 0.3) is 0 Å². The quantitative estimate of drug-likeness (QED) is 0.304. The summed E-state index contributed by atoms with van der Waals surface area (Å²) in [6.45, 7) is 0. The van der Waals surface area contributed by atoms with Gasteiger partial charge >= 0.3 is 71.2 Å². The summed E-state index contributed by atoms with van der Waals surface area (Å²) in [5, 5.41) is 0. The van der Waals surface area contributed by atoms with E-state index in [1.54, 1.807) is 0 Å². The molecule has 0 saturated carbocycles. The van der Waals surface area contributed by atoms with Gasteiger partial charge in [-0.05, 0) is 0 Å².